The fraction of sp³-hybridized carbons (Fsp3) is 0.312. The molecule has 0 unspecified atom stereocenters. The topological polar surface area (TPSA) is 75.7 Å². The number of ether oxygens (including phenoxy) is 1. The maximum atomic E-state index is 12.6. The number of sulfonamides is 1. The monoisotopic (exact) mass is 366 g/mol. The zero-order valence-electron chi connectivity index (χ0n) is 13.0. The predicted octanol–water partition coefficient (Wildman–Crippen LogP) is 1.70. The molecule has 0 aliphatic carbocycles. The molecule has 0 saturated carbocycles. The van der Waals surface area contributed by atoms with Gasteiger partial charge in [-0.05, 0) is 24.3 Å². The average molecular weight is 366 g/mol. The van der Waals surface area contributed by atoms with Crippen LogP contribution in [-0.2, 0) is 21.3 Å². The molecule has 1 aliphatic heterocycles. The highest BCUT2D eigenvalue weighted by molar-refractivity contribution is 7.91. The minimum atomic E-state index is -3.47. The molecule has 0 spiro atoms. The van der Waals surface area contributed by atoms with E-state index in [0.29, 0.717) is 42.6 Å². The van der Waals surface area contributed by atoms with Crippen LogP contribution in [0.3, 0.4) is 0 Å². The van der Waals surface area contributed by atoms with Crippen molar-refractivity contribution in [1.29, 1.82) is 0 Å². The van der Waals surface area contributed by atoms with Crippen LogP contribution in [0.1, 0.15) is 15.2 Å². The smallest absolute Gasteiger partial charge is 0.252 e. The van der Waals surface area contributed by atoms with Crippen molar-refractivity contribution in [3.8, 4) is 0 Å². The van der Waals surface area contributed by atoms with Crippen molar-refractivity contribution in [1.82, 2.24) is 9.62 Å². The van der Waals surface area contributed by atoms with E-state index in [1.807, 2.05) is 6.07 Å². The molecular weight excluding hydrogens is 348 g/mol. The Hall–Kier alpha value is -1.74. The number of benzene rings is 1. The molecule has 6 nitrogen and oxygen atoms in total. The molecule has 1 N–H and O–H groups in total. The number of carbonyl (C=O) groups excluding carboxylic acids is 1. The number of hydrogen-bond acceptors (Lipinski definition) is 5. The standard InChI is InChI=1S/C16H18N2O4S2/c19-16(13-4-2-1-3-5-13)17-12-14-6-7-15(23-14)24(20,21)18-8-10-22-11-9-18/h1-7H,8-12H2,(H,17,19). The fourth-order valence-electron chi connectivity index (χ4n) is 2.37. The van der Waals surface area contributed by atoms with Gasteiger partial charge in [0.25, 0.3) is 15.9 Å². The number of nitrogens with one attached hydrogen (secondary N) is 1. The number of carbonyl (C=O) groups is 1. The first-order valence-corrected chi connectivity index (χ1v) is 9.83. The molecule has 1 aromatic heterocycles. The normalized spacial score (nSPS) is 16.0. The fourth-order valence-corrected chi connectivity index (χ4v) is 5.22. The molecule has 0 bridgehead atoms. The van der Waals surface area contributed by atoms with E-state index < -0.39 is 10.0 Å². The number of morpholine rings is 1. The van der Waals surface area contributed by atoms with Gasteiger partial charge in [-0.3, -0.25) is 4.79 Å². The van der Waals surface area contributed by atoms with Gasteiger partial charge in [-0.15, -0.1) is 11.3 Å². The van der Waals surface area contributed by atoms with Crippen LogP contribution in [0.2, 0.25) is 0 Å². The summed E-state index contributed by atoms with van der Waals surface area (Å²) in [5.74, 6) is -0.179. The lowest BCUT2D eigenvalue weighted by molar-refractivity contribution is 0.0731. The minimum Gasteiger partial charge on any atom is -0.379 e. The Morgan fingerprint density at radius 1 is 1.12 bits per heavy atom. The number of nitrogens with zero attached hydrogens (tertiary/aromatic N) is 1. The maximum Gasteiger partial charge on any atom is 0.252 e. The highest BCUT2D eigenvalue weighted by atomic mass is 32.2. The van der Waals surface area contributed by atoms with Crippen LogP contribution in [0, 0.1) is 0 Å². The van der Waals surface area contributed by atoms with Gasteiger partial charge in [-0.1, -0.05) is 18.2 Å². The third-order valence-corrected chi connectivity index (χ3v) is 7.11. The SMILES string of the molecule is O=C(NCc1ccc(S(=O)(=O)N2CCOCC2)s1)c1ccccc1. The molecule has 3 rings (SSSR count). The zero-order valence-corrected chi connectivity index (χ0v) is 14.6. The van der Waals surface area contributed by atoms with Crippen molar-refractivity contribution in [3.63, 3.8) is 0 Å². The van der Waals surface area contributed by atoms with Crippen LogP contribution in [0.4, 0.5) is 0 Å². The van der Waals surface area contributed by atoms with E-state index in [2.05, 4.69) is 5.32 Å². The van der Waals surface area contributed by atoms with Gasteiger partial charge in [-0.2, -0.15) is 4.31 Å². The van der Waals surface area contributed by atoms with Gasteiger partial charge in [0.2, 0.25) is 0 Å². The van der Waals surface area contributed by atoms with E-state index in [1.165, 1.54) is 15.6 Å². The molecule has 8 heteroatoms. The predicted molar refractivity (Wildman–Crippen MR) is 91.5 cm³/mol. The lowest BCUT2D eigenvalue weighted by Crippen LogP contribution is -2.40. The summed E-state index contributed by atoms with van der Waals surface area (Å²) in [6.45, 7) is 1.90. The van der Waals surface area contributed by atoms with E-state index in [1.54, 1.807) is 36.4 Å². The largest absolute Gasteiger partial charge is 0.379 e. The van der Waals surface area contributed by atoms with Crippen LogP contribution < -0.4 is 5.32 Å². The van der Waals surface area contributed by atoms with Crippen molar-refractivity contribution in [2.24, 2.45) is 0 Å². The number of rotatable bonds is 5. The lowest BCUT2D eigenvalue weighted by Gasteiger charge is -2.25. The van der Waals surface area contributed by atoms with E-state index in [4.69, 9.17) is 4.74 Å². The highest BCUT2D eigenvalue weighted by Gasteiger charge is 2.27. The quantitative estimate of drug-likeness (QED) is 0.874. The zero-order chi connectivity index (χ0) is 17.0. The van der Waals surface area contributed by atoms with Gasteiger partial charge in [-0.25, -0.2) is 8.42 Å². The van der Waals surface area contributed by atoms with E-state index >= 15 is 0 Å². The molecule has 0 radical (unpaired) electrons. The Labute approximate surface area is 145 Å². The number of thiophene rings is 1. The van der Waals surface area contributed by atoms with Crippen LogP contribution >= 0.6 is 11.3 Å². The second-order valence-corrected chi connectivity index (χ2v) is 8.62. The van der Waals surface area contributed by atoms with Gasteiger partial charge in [0.15, 0.2) is 0 Å². The first-order chi connectivity index (χ1) is 11.6. The first kappa shape index (κ1) is 17.1. The average Bonchev–Trinajstić information content (AvgIpc) is 3.11. The first-order valence-electron chi connectivity index (χ1n) is 7.57. The molecular formula is C16H18N2O4S2. The minimum absolute atomic E-state index is 0.179. The Morgan fingerprint density at radius 3 is 2.54 bits per heavy atom. The number of hydrogen-bond donors (Lipinski definition) is 1. The molecule has 2 aromatic rings. The van der Waals surface area contributed by atoms with Gasteiger partial charge in [0.05, 0.1) is 19.8 Å². The number of amides is 1. The summed E-state index contributed by atoms with van der Waals surface area (Å²) in [5, 5.41) is 2.80. The summed E-state index contributed by atoms with van der Waals surface area (Å²) in [4.78, 5) is 12.8. The van der Waals surface area contributed by atoms with Crippen molar-refractivity contribution < 1.29 is 17.9 Å². The summed E-state index contributed by atoms with van der Waals surface area (Å²) in [5.41, 5.74) is 0.579. The van der Waals surface area contributed by atoms with Crippen LogP contribution in [-0.4, -0.2) is 44.9 Å². The Balaban J connectivity index is 1.64. The van der Waals surface area contributed by atoms with E-state index in [0.717, 1.165) is 4.88 Å². The van der Waals surface area contributed by atoms with Gasteiger partial charge < -0.3 is 10.1 Å². The van der Waals surface area contributed by atoms with Crippen molar-refractivity contribution >= 4 is 27.3 Å². The van der Waals surface area contributed by atoms with E-state index in [-0.39, 0.29) is 5.91 Å². The summed E-state index contributed by atoms with van der Waals surface area (Å²) >= 11 is 1.19. The second kappa shape index (κ2) is 7.43. The molecule has 24 heavy (non-hydrogen) atoms. The maximum absolute atomic E-state index is 12.6. The van der Waals surface area contributed by atoms with Gasteiger partial charge in [0.1, 0.15) is 4.21 Å². The Morgan fingerprint density at radius 2 is 1.83 bits per heavy atom. The van der Waals surface area contributed by atoms with Crippen molar-refractivity contribution in [2.45, 2.75) is 10.8 Å². The van der Waals surface area contributed by atoms with Crippen LogP contribution in [0.25, 0.3) is 0 Å². The Bertz CT molecular complexity index is 796. The van der Waals surface area contributed by atoms with Crippen LogP contribution in [0.15, 0.2) is 46.7 Å². The van der Waals surface area contributed by atoms with Crippen LogP contribution in [0.5, 0.6) is 0 Å². The molecule has 1 amide bonds. The second-order valence-electron chi connectivity index (χ2n) is 5.29. The molecule has 1 aliphatic rings. The summed E-state index contributed by atoms with van der Waals surface area (Å²) < 4.78 is 32.0. The van der Waals surface area contributed by atoms with Crippen molar-refractivity contribution in [2.75, 3.05) is 26.3 Å². The summed E-state index contributed by atoms with van der Waals surface area (Å²) in [6.07, 6.45) is 0. The molecule has 0 atom stereocenters. The molecule has 128 valence electrons. The lowest BCUT2D eigenvalue weighted by atomic mass is 10.2. The van der Waals surface area contributed by atoms with Gasteiger partial charge in [0, 0.05) is 23.5 Å². The van der Waals surface area contributed by atoms with E-state index in [9.17, 15) is 13.2 Å². The molecule has 2 heterocycles. The third kappa shape index (κ3) is 3.84. The summed E-state index contributed by atoms with van der Waals surface area (Å²) in [7, 11) is -3.47. The highest BCUT2D eigenvalue weighted by Crippen LogP contribution is 2.25. The Kier molecular flexibility index (Phi) is 5.30. The molecule has 1 fully saturated rings. The molecule has 1 saturated heterocycles. The molecule has 1 aromatic carbocycles. The van der Waals surface area contributed by atoms with Crippen molar-refractivity contribution in [3.05, 3.63) is 52.9 Å². The van der Waals surface area contributed by atoms with Gasteiger partial charge >= 0.3 is 0 Å². The third-order valence-electron chi connectivity index (χ3n) is 3.66. The summed E-state index contributed by atoms with van der Waals surface area (Å²) in [6, 6.07) is 12.2.